The number of halogens is 2. The summed E-state index contributed by atoms with van der Waals surface area (Å²) in [6, 6.07) is 0. The van der Waals surface area contributed by atoms with Gasteiger partial charge in [0.2, 0.25) is 5.24 Å². The number of aliphatic hydroxyl groups excluding tert-OH is 2. The SMILES string of the molecule is CCCCC(O)O.O=C(Cl)/C=C(\O)C(=O)Cl. The van der Waals surface area contributed by atoms with Crippen LogP contribution in [-0.4, -0.2) is 32.1 Å². The minimum atomic E-state index is -1.11. The number of aliphatic hydroxyl groups is 3. The summed E-state index contributed by atoms with van der Waals surface area (Å²) in [6.07, 6.45) is 1.86. The summed E-state index contributed by atoms with van der Waals surface area (Å²) in [7, 11) is 0. The number of carbonyl (C=O) groups excluding carboxylic acids is 2. The summed E-state index contributed by atoms with van der Waals surface area (Å²) in [6.45, 7) is 2.02. The molecule has 0 aromatic rings. The van der Waals surface area contributed by atoms with E-state index in [1.54, 1.807) is 0 Å². The topological polar surface area (TPSA) is 94.8 Å². The summed E-state index contributed by atoms with van der Waals surface area (Å²) >= 11 is 9.43. The van der Waals surface area contributed by atoms with Crippen LogP contribution in [0.4, 0.5) is 0 Å². The van der Waals surface area contributed by atoms with Crippen LogP contribution in [0.5, 0.6) is 0 Å². The van der Waals surface area contributed by atoms with Crippen LogP contribution in [0.2, 0.25) is 0 Å². The fourth-order valence-corrected chi connectivity index (χ4v) is 0.709. The van der Waals surface area contributed by atoms with E-state index in [-0.39, 0.29) is 0 Å². The molecule has 7 heteroatoms. The van der Waals surface area contributed by atoms with E-state index in [0.29, 0.717) is 12.5 Å². The molecule has 0 radical (unpaired) electrons. The average Bonchev–Trinajstić information content (AvgIpc) is 2.14. The number of hydrogen-bond donors (Lipinski definition) is 3. The molecule has 0 aliphatic carbocycles. The van der Waals surface area contributed by atoms with Gasteiger partial charge in [0, 0.05) is 6.08 Å². The Morgan fingerprint density at radius 3 is 1.94 bits per heavy atom. The lowest BCUT2D eigenvalue weighted by Gasteiger charge is -1.97. The largest absolute Gasteiger partial charge is 0.503 e. The van der Waals surface area contributed by atoms with E-state index in [9.17, 15) is 9.59 Å². The Kier molecular flexibility index (Phi) is 12.1. The standard InChI is InChI=1S/C5H12O2.C4H2Cl2O3/c1-2-3-4-5(6)7;5-3(8)1-2(7)4(6)9/h5-7H,2-4H2,1H3;1,7H/b;2-1-. The molecule has 0 saturated heterocycles. The van der Waals surface area contributed by atoms with Crippen molar-refractivity contribution < 1.29 is 24.9 Å². The number of rotatable bonds is 5. The maximum absolute atomic E-state index is 9.92. The normalized spacial score (nSPS) is 10.8. The molecule has 0 aliphatic heterocycles. The van der Waals surface area contributed by atoms with Gasteiger partial charge in [-0.05, 0) is 36.0 Å². The Morgan fingerprint density at radius 1 is 1.31 bits per heavy atom. The fourth-order valence-electron chi connectivity index (χ4n) is 0.551. The highest BCUT2D eigenvalue weighted by molar-refractivity contribution is 6.70. The zero-order valence-corrected chi connectivity index (χ0v) is 10.2. The number of carbonyl (C=O) groups is 2. The van der Waals surface area contributed by atoms with Crippen molar-refractivity contribution in [3.05, 3.63) is 11.8 Å². The zero-order chi connectivity index (χ0) is 13.1. The van der Waals surface area contributed by atoms with Crippen molar-refractivity contribution >= 4 is 33.7 Å². The average molecular weight is 273 g/mol. The fraction of sp³-hybridized carbons (Fsp3) is 0.556. The van der Waals surface area contributed by atoms with Crippen molar-refractivity contribution in [1.29, 1.82) is 0 Å². The molecule has 94 valence electrons. The van der Waals surface area contributed by atoms with Crippen LogP contribution in [0.25, 0.3) is 0 Å². The van der Waals surface area contributed by atoms with Gasteiger partial charge in [0.1, 0.15) is 0 Å². The molecule has 0 atom stereocenters. The second-order valence-electron chi connectivity index (χ2n) is 2.73. The second kappa shape index (κ2) is 10.9. The van der Waals surface area contributed by atoms with E-state index >= 15 is 0 Å². The van der Waals surface area contributed by atoms with Gasteiger partial charge < -0.3 is 15.3 Å². The smallest absolute Gasteiger partial charge is 0.287 e. The first-order valence-electron chi connectivity index (χ1n) is 4.47. The van der Waals surface area contributed by atoms with E-state index in [4.69, 9.17) is 38.5 Å². The maximum Gasteiger partial charge on any atom is 0.287 e. The Labute approximate surface area is 103 Å². The number of unbranched alkanes of at least 4 members (excludes halogenated alkanes) is 1. The lowest BCUT2D eigenvalue weighted by Crippen LogP contribution is -2.02. The third kappa shape index (κ3) is 15.8. The van der Waals surface area contributed by atoms with Crippen molar-refractivity contribution in [1.82, 2.24) is 0 Å². The minimum Gasteiger partial charge on any atom is -0.503 e. The molecule has 0 aromatic heterocycles. The van der Waals surface area contributed by atoms with Gasteiger partial charge in [0.25, 0.3) is 5.24 Å². The molecule has 0 spiro atoms. The van der Waals surface area contributed by atoms with Crippen LogP contribution in [-0.2, 0) is 9.59 Å². The predicted molar refractivity (Wildman–Crippen MR) is 60.2 cm³/mol. The number of hydrogen-bond acceptors (Lipinski definition) is 5. The molecule has 16 heavy (non-hydrogen) atoms. The van der Waals surface area contributed by atoms with E-state index in [1.807, 2.05) is 6.92 Å². The van der Waals surface area contributed by atoms with Crippen LogP contribution in [0.15, 0.2) is 11.8 Å². The summed E-state index contributed by atoms with van der Waals surface area (Å²) in [5.41, 5.74) is 0. The summed E-state index contributed by atoms with van der Waals surface area (Å²) in [4.78, 5) is 19.8. The Hall–Kier alpha value is -0.620. The molecular weight excluding hydrogens is 259 g/mol. The van der Waals surface area contributed by atoms with Gasteiger partial charge >= 0.3 is 0 Å². The van der Waals surface area contributed by atoms with Crippen molar-refractivity contribution in [2.45, 2.75) is 32.5 Å². The molecule has 5 nitrogen and oxygen atoms in total. The first-order valence-corrected chi connectivity index (χ1v) is 5.22. The lowest BCUT2D eigenvalue weighted by molar-refractivity contribution is -0.112. The molecule has 0 aromatic carbocycles. The van der Waals surface area contributed by atoms with Crippen molar-refractivity contribution in [3.8, 4) is 0 Å². The van der Waals surface area contributed by atoms with Crippen LogP contribution in [0, 0.1) is 0 Å². The van der Waals surface area contributed by atoms with Crippen LogP contribution >= 0.6 is 23.2 Å². The molecular formula is C9H14Cl2O5. The van der Waals surface area contributed by atoms with Crippen molar-refractivity contribution in [2.24, 2.45) is 0 Å². The van der Waals surface area contributed by atoms with Gasteiger partial charge in [-0.25, -0.2) is 0 Å². The summed E-state index contributed by atoms with van der Waals surface area (Å²) < 4.78 is 0. The highest BCUT2D eigenvalue weighted by atomic mass is 35.5. The third-order valence-corrected chi connectivity index (χ3v) is 1.57. The first-order chi connectivity index (χ1) is 7.31. The van der Waals surface area contributed by atoms with Crippen molar-refractivity contribution in [2.75, 3.05) is 0 Å². The van der Waals surface area contributed by atoms with E-state index < -0.39 is 22.5 Å². The molecule has 0 unspecified atom stereocenters. The molecule has 0 fully saturated rings. The van der Waals surface area contributed by atoms with Gasteiger partial charge in [-0.3, -0.25) is 9.59 Å². The summed E-state index contributed by atoms with van der Waals surface area (Å²) in [5.74, 6) is -0.850. The van der Waals surface area contributed by atoms with Gasteiger partial charge in [0.05, 0.1) is 0 Å². The molecule has 0 heterocycles. The quantitative estimate of drug-likeness (QED) is 0.305. The molecule has 0 amide bonds. The highest BCUT2D eigenvalue weighted by Crippen LogP contribution is 1.96. The summed E-state index contributed by atoms with van der Waals surface area (Å²) in [5, 5.41) is 22.8. The van der Waals surface area contributed by atoms with Crippen LogP contribution in [0.1, 0.15) is 26.2 Å². The maximum atomic E-state index is 9.92. The Balaban J connectivity index is 0. The lowest BCUT2D eigenvalue weighted by atomic mass is 10.2. The second-order valence-corrected chi connectivity index (χ2v) is 3.45. The van der Waals surface area contributed by atoms with Gasteiger partial charge in [0.15, 0.2) is 12.0 Å². The molecule has 0 rings (SSSR count). The predicted octanol–water partition coefficient (Wildman–Crippen LogP) is 1.45. The van der Waals surface area contributed by atoms with Crippen LogP contribution < -0.4 is 0 Å². The molecule has 0 bridgehead atoms. The van der Waals surface area contributed by atoms with Gasteiger partial charge in [-0.2, -0.15) is 0 Å². The van der Waals surface area contributed by atoms with Crippen molar-refractivity contribution in [3.63, 3.8) is 0 Å². The first kappa shape index (κ1) is 17.8. The molecule has 0 saturated carbocycles. The van der Waals surface area contributed by atoms with E-state index in [0.717, 1.165) is 12.8 Å². The minimum absolute atomic E-state index is 0.510. The Morgan fingerprint density at radius 2 is 1.81 bits per heavy atom. The van der Waals surface area contributed by atoms with Gasteiger partial charge in [-0.15, -0.1) is 0 Å². The highest BCUT2D eigenvalue weighted by Gasteiger charge is 2.03. The van der Waals surface area contributed by atoms with E-state index in [2.05, 4.69) is 0 Å². The molecule has 0 aliphatic rings. The number of allylic oxidation sites excluding steroid dienone is 2. The molecule has 3 N–H and O–H groups in total. The Bertz CT molecular complexity index is 250. The van der Waals surface area contributed by atoms with Crippen LogP contribution in [0.3, 0.4) is 0 Å². The van der Waals surface area contributed by atoms with E-state index in [1.165, 1.54) is 0 Å². The zero-order valence-electron chi connectivity index (χ0n) is 8.69. The van der Waals surface area contributed by atoms with Gasteiger partial charge in [-0.1, -0.05) is 13.3 Å². The monoisotopic (exact) mass is 272 g/mol. The third-order valence-electron chi connectivity index (χ3n) is 1.27.